The highest BCUT2D eigenvalue weighted by atomic mass is 32.1. The molecule has 1 aliphatic rings. The van der Waals surface area contributed by atoms with Crippen LogP contribution in [-0.4, -0.2) is 129 Å². The van der Waals surface area contributed by atoms with Crippen LogP contribution in [0.25, 0.3) is 10.4 Å². The summed E-state index contributed by atoms with van der Waals surface area (Å²) in [5.41, 5.74) is 3.47. The van der Waals surface area contributed by atoms with Gasteiger partial charge in [0.25, 0.3) is 0 Å². The van der Waals surface area contributed by atoms with Crippen molar-refractivity contribution in [1.82, 2.24) is 25.8 Å². The summed E-state index contributed by atoms with van der Waals surface area (Å²) in [5, 5.41) is 18.8. The molecule has 3 rings (SSSR count). The summed E-state index contributed by atoms with van der Waals surface area (Å²) >= 11 is 1.57. The maximum atomic E-state index is 13.8. The molecule has 2 aromatic rings. The first kappa shape index (κ1) is 43.7. The van der Waals surface area contributed by atoms with Gasteiger partial charge in [0.05, 0.1) is 68.4 Å². The minimum Gasteiger partial charge on any atom is -0.444 e. The second-order valence-corrected chi connectivity index (χ2v) is 15.6. The Bertz CT molecular complexity index is 1460. The number of thiazole rings is 1. The topological polar surface area (TPSA) is 187 Å². The van der Waals surface area contributed by atoms with Crippen molar-refractivity contribution in [2.75, 3.05) is 65.9 Å². The Morgan fingerprint density at radius 2 is 1.51 bits per heavy atom. The van der Waals surface area contributed by atoms with Crippen LogP contribution >= 0.6 is 11.3 Å². The molecule has 3 unspecified atom stereocenters. The quantitative estimate of drug-likeness (QED) is 0.145. The Balaban J connectivity index is 1.32. The summed E-state index contributed by atoms with van der Waals surface area (Å²) in [4.78, 5) is 58.3. The predicted octanol–water partition coefficient (Wildman–Crippen LogP) is 2.82. The van der Waals surface area contributed by atoms with Crippen molar-refractivity contribution < 1.29 is 48.0 Å². The molecule has 0 spiro atoms. The third-order valence-corrected chi connectivity index (χ3v) is 8.95. The summed E-state index contributed by atoms with van der Waals surface area (Å²) in [6.45, 7) is 15.2. The largest absolute Gasteiger partial charge is 0.444 e. The average Bonchev–Trinajstić information content (AvgIpc) is 3.70. The number of likely N-dealkylation sites (tertiary alicyclic amines) is 1. The van der Waals surface area contributed by atoms with Crippen molar-refractivity contribution >= 4 is 35.2 Å². The molecule has 3 atom stereocenters. The van der Waals surface area contributed by atoms with Gasteiger partial charge in [0.2, 0.25) is 17.7 Å². The lowest BCUT2D eigenvalue weighted by Crippen LogP contribution is -2.58. The van der Waals surface area contributed by atoms with Gasteiger partial charge >= 0.3 is 6.09 Å². The highest BCUT2D eigenvalue weighted by Gasteiger charge is 2.44. The number of amides is 4. The molecule has 4 amide bonds. The number of β-amino-alcohol motifs (C(OH)–C–C–N with tert-alkyl or cyclic N) is 1. The molecule has 296 valence electrons. The van der Waals surface area contributed by atoms with E-state index < -0.39 is 47.1 Å². The van der Waals surface area contributed by atoms with Gasteiger partial charge in [-0.3, -0.25) is 14.4 Å². The number of hydrogen-bond donors (Lipinski definition) is 4. The van der Waals surface area contributed by atoms with Crippen LogP contribution in [0.3, 0.4) is 0 Å². The van der Waals surface area contributed by atoms with Crippen LogP contribution in [0, 0.1) is 12.3 Å². The summed E-state index contributed by atoms with van der Waals surface area (Å²) in [5.74, 6) is -1.30. The minimum absolute atomic E-state index is 0.0137. The van der Waals surface area contributed by atoms with Crippen molar-refractivity contribution in [3.63, 3.8) is 0 Å². The fraction of sp³-hybridized carbons (Fsp3) is 0.649. The molecule has 1 aliphatic heterocycles. The first-order valence-electron chi connectivity index (χ1n) is 17.9. The monoisotopic (exact) mass is 763 g/mol. The zero-order valence-corrected chi connectivity index (χ0v) is 32.8. The van der Waals surface area contributed by atoms with E-state index >= 15 is 0 Å². The number of hydrogen-bond acceptors (Lipinski definition) is 12. The van der Waals surface area contributed by atoms with E-state index in [2.05, 4.69) is 20.9 Å². The Morgan fingerprint density at radius 3 is 2.08 bits per heavy atom. The molecule has 1 aromatic heterocycles. The van der Waals surface area contributed by atoms with Crippen LogP contribution in [-0.2, 0) is 44.6 Å². The molecule has 4 N–H and O–H groups in total. The highest BCUT2D eigenvalue weighted by molar-refractivity contribution is 7.13. The number of nitrogens with one attached hydrogen (secondary N) is 3. The first-order chi connectivity index (χ1) is 25.0. The van der Waals surface area contributed by atoms with Crippen molar-refractivity contribution in [1.29, 1.82) is 0 Å². The molecule has 16 heteroatoms. The number of aliphatic hydroxyl groups is 1. The normalized spacial score (nSPS) is 16.6. The number of nitrogens with zero attached hydrogens (tertiary/aromatic N) is 2. The van der Waals surface area contributed by atoms with Crippen molar-refractivity contribution in [3.8, 4) is 10.4 Å². The minimum atomic E-state index is -0.958. The smallest absolute Gasteiger partial charge is 0.407 e. The summed E-state index contributed by atoms with van der Waals surface area (Å²) < 4.78 is 26.9. The van der Waals surface area contributed by atoms with Gasteiger partial charge in [0, 0.05) is 26.1 Å². The van der Waals surface area contributed by atoms with Crippen LogP contribution in [0.1, 0.15) is 59.2 Å². The Morgan fingerprint density at radius 1 is 0.906 bits per heavy atom. The molecule has 1 aromatic carbocycles. The van der Waals surface area contributed by atoms with Crippen molar-refractivity contribution in [2.45, 2.75) is 85.2 Å². The molecular weight excluding hydrogens is 706 g/mol. The van der Waals surface area contributed by atoms with Gasteiger partial charge in [-0.2, -0.15) is 0 Å². The van der Waals surface area contributed by atoms with Gasteiger partial charge in [-0.05, 0) is 44.2 Å². The van der Waals surface area contributed by atoms with Gasteiger partial charge in [0.1, 0.15) is 24.3 Å². The van der Waals surface area contributed by atoms with Crippen molar-refractivity contribution in [3.05, 3.63) is 41.0 Å². The number of aryl methyl sites for hydroxylation is 1. The Kier molecular flexibility index (Phi) is 17.6. The molecule has 0 radical (unpaired) electrons. The van der Waals surface area contributed by atoms with Crippen LogP contribution in [0.5, 0.6) is 0 Å². The van der Waals surface area contributed by atoms with Crippen LogP contribution < -0.4 is 16.0 Å². The predicted molar refractivity (Wildman–Crippen MR) is 199 cm³/mol. The molecule has 2 heterocycles. The zero-order valence-electron chi connectivity index (χ0n) is 32.0. The van der Waals surface area contributed by atoms with Crippen molar-refractivity contribution in [2.24, 2.45) is 5.41 Å². The van der Waals surface area contributed by atoms with Gasteiger partial charge < -0.3 is 49.6 Å². The highest BCUT2D eigenvalue weighted by Crippen LogP contribution is 2.28. The molecule has 0 bridgehead atoms. The van der Waals surface area contributed by atoms with Crippen LogP contribution in [0.15, 0.2) is 29.8 Å². The molecule has 15 nitrogen and oxygen atoms in total. The Hall–Kier alpha value is -3.67. The van der Waals surface area contributed by atoms with E-state index in [-0.39, 0.29) is 45.2 Å². The number of aromatic nitrogens is 1. The number of ether oxygens (including phenoxy) is 5. The number of carbonyl (C=O) groups is 4. The molecule has 1 saturated heterocycles. The number of alkyl carbamates (subject to hydrolysis) is 1. The molecular formula is C37H57N5O10S. The van der Waals surface area contributed by atoms with Crippen LogP contribution in [0.2, 0.25) is 0 Å². The Labute approximate surface area is 316 Å². The van der Waals surface area contributed by atoms with E-state index in [1.165, 1.54) is 4.90 Å². The second kappa shape index (κ2) is 21.3. The zero-order chi connectivity index (χ0) is 39.0. The first-order valence-corrected chi connectivity index (χ1v) is 18.8. The van der Waals surface area contributed by atoms with Gasteiger partial charge in [-0.25, -0.2) is 9.78 Å². The maximum absolute atomic E-state index is 13.8. The average molecular weight is 764 g/mol. The second-order valence-electron chi connectivity index (χ2n) is 14.8. The number of rotatable bonds is 20. The van der Waals surface area contributed by atoms with E-state index in [9.17, 15) is 24.3 Å². The summed E-state index contributed by atoms with van der Waals surface area (Å²) in [6, 6.07) is 6.01. The standard InChI is InChI=1S/C37H57N5O10S/c1-25-31(53-24-40-25)27-10-8-26(9-11-27)21-39-33(45)29-20-28(43)22-42(29)34(46)32(36(2,3)4)41-30(44)23-51-19-18-50-17-16-49-15-14-48-13-12-38-35(47)52-37(5,6)7/h8-11,24,28-29,32,43H,12-23H2,1-7H3,(H,38,47)(H,39,45)(H,41,44). The molecule has 1 fully saturated rings. The SMILES string of the molecule is Cc1ncsc1-c1ccc(CNC(=O)C2CC(O)CN2C(=O)C(NC(=O)COCCOCCOCCOCCNC(=O)OC(C)(C)C)C(C)(C)C)cc1. The van der Waals surface area contributed by atoms with E-state index in [1.807, 2.05) is 57.5 Å². The fourth-order valence-electron chi connectivity index (χ4n) is 5.35. The summed E-state index contributed by atoms with van der Waals surface area (Å²) in [6.07, 6.45) is -1.26. The van der Waals surface area contributed by atoms with E-state index in [0.717, 1.165) is 21.7 Å². The lowest BCUT2D eigenvalue weighted by molar-refractivity contribution is -0.144. The summed E-state index contributed by atoms with van der Waals surface area (Å²) in [7, 11) is 0. The number of benzene rings is 1. The number of aliphatic hydroxyl groups excluding tert-OH is 1. The maximum Gasteiger partial charge on any atom is 0.407 e. The van der Waals surface area contributed by atoms with E-state index in [1.54, 1.807) is 32.1 Å². The van der Waals surface area contributed by atoms with E-state index in [0.29, 0.717) is 39.6 Å². The van der Waals surface area contributed by atoms with Gasteiger partial charge in [0.15, 0.2) is 0 Å². The lowest BCUT2D eigenvalue weighted by Gasteiger charge is -2.35. The molecule has 0 saturated carbocycles. The van der Waals surface area contributed by atoms with Gasteiger partial charge in [-0.15, -0.1) is 11.3 Å². The number of carbonyl (C=O) groups excluding carboxylic acids is 4. The van der Waals surface area contributed by atoms with E-state index in [4.69, 9.17) is 23.7 Å². The lowest BCUT2D eigenvalue weighted by atomic mass is 9.85. The third-order valence-electron chi connectivity index (χ3n) is 7.98. The van der Waals surface area contributed by atoms with Gasteiger partial charge in [-0.1, -0.05) is 45.0 Å². The molecule has 0 aliphatic carbocycles. The molecule has 53 heavy (non-hydrogen) atoms. The third kappa shape index (κ3) is 15.7. The van der Waals surface area contributed by atoms with Crippen LogP contribution in [0.4, 0.5) is 4.79 Å². The fourth-order valence-corrected chi connectivity index (χ4v) is 6.16.